The molecule has 0 bridgehead atoms. The number of piperazine rings is 1. The normalized spacial score (nSPS) is 21.8. The highest BCUT2D eigenvalue weighted by atomic mass is 32.2. The Hall–Kier alpha value is -0.890. The quantitative estimate of drug-likeness (QED) is 0.845. The highest BCUT2D eigenvalue weighted by Gasteiger charge is 2.29. The summed E-state index contributed by atoms with van der Waals surface area (Å²) in [4.78, 5) is 2.57. The van der Waals surface area contributed by atoms with Crippen molar-refractivity contribution in [3.63, 3.8) is 0 Å². The van der Waals surface area contributed by atoms with Gasteiger partial charge in [0.05, 0.1) is 0 Å². The highest BCUT2D eigenvalue weighted by Crippen LogP contribution is 2.22. The van der Waals surface area contributed by atoms with Crippen LogP contribution in [-0.4, -0.2) is 61.5 Å². The molecule has 1 aromatic rings. The van der Waals surface area contributed by atoms with Crippen molar-refractivity contribution in [1.29, 1.82) is 0 Å². The number of hydrogen-bond acceptors (Lipinski definition) is 4. The Labute approximate surface area is 126 Å². The van der Waals surface area contributed by atoms with E-state index in [1.165, 1.54) is 12.8 Å². The molecule has 0 aromatic carbocycles. The Kier molecular flexibility index (Phi) is 4.09. The lowest BCUT2D eigenvalue weighted by molar-refractivity contribution is 0.222. The third kappa shape index (κ3) is 3.31. The SMILES string of the molecule is CN1CCN(S(=O)(=O)c2cc(CNC3CC3)n(C)c2)CC1. The van der Waals surface area contributed by atoms with E-state index in [-0.39, 0.29) is 0 Å². The number of nitrogens with one attached hydrogen (secondary N) is 1. The molecular weight excluding hydrogens is 288 g/mol. The van der Waals surface area contributed by atoms with Gasteiger partial charge in [-0.25, -0.2) is 8.42 Å². The van der Waals surface area contributed by atoms with Gasteiger partial charge in [0.25, 0.3) is 0 Å². The Balaban J connectivity index is 1.73. The average molecular weight is 312 g/mol. The molecule has 3 rings (SSSR count). The summed E-state index contributed by atoms with van der Waals surface area (Å²) in [5, 5.41) is 3.43. The average Bonchev–Trinajstić information content (AvgIpc) is 3.19. The molecule has 2 fully saturated rings. The van der Waals surface area contributed by atoms with Crippen molar-refractivity contribution >= 4 is 10.0 Å². The molecule has 118 valence electrons. The van der Waals surface area contributed by atoms with Gasteiger partial charge in [0.2, 0.25) is 10.0 Å². The van der Waals surface area contributed by atoms with Crippen LogP contribution in [0.4, 0.5) is 0 Å². The van der Waals surface area contributed by atoms with Gasteiger partial charge in [-0.05, 0) is 26.0 Å². The van der Waals surface area contributed by atoms with Crippen LogP contribution in [0, 0.1) is 0 Å². The van der Waals surface area contributed by atoms with E-state index < -0.39 is 10.0 Å². The van der Waals surface area contributed by atoms with Crippen molar-refractivity contribution in [2.45, 2.75) is 30.3 Å². The number of nitrogens with zero attached hydrogens (tertiary/aromatic N) is 3. The molecule has 1 aromatic heterocycles. The topological polar surface area (TPSA) is 57.6 Å². The Morgan fingerprint density at radius 2 is 1.86 bits per heavy atom. The highest BCUT2D eigenvalue weighted by molar-refractivity contribution is 7.89. The van der Waals surface area contributed by atoms with Gasteiger partial charge < -0.3 is 14.8 Å². The summed E-state index contributed by atoms with van der Waals surface area (Å²) < 4.78 is 28.9. The lowest BCUT2D eigenvalue weighted by atomic mass is 10.4. The van der Waals surface area contributed by atoms with Crippen LogP contribution in [0.15, 0.2) is 17.2 Å². The maximum absolute atomic E-state index is 12.7. The smallest absolute Gasteiger partial charge is 0.244 e. The predicted octanol–water partition coefficient (Wildman–Crippen LogP) is 0.213. The van der Waals surface area contributed by atoms with Gasteiger partial charge in [0.15, 0.2) is 0 Å². The molecule has 0 atom stereocenters. The zero-order valence-corrected chi connectivity index (χ0v) is 13.6. The first-order valence-corrected chi connectivity index (χ1v) is 8.98. The first-order valence-electron chi connectivity index (χ1n) is 7.54. The fourth-order valence-corrected chi connectivity index (χ4v) is 4.13. The zero-order chi connectivity index (χ0) is 15.0. The summed E-state index contributed by atoms with van der Waals surface area (Å²) in [6.45, 7) is 3.47. The molecule has 0 amide bonds. The first-order chi connectivity index (χ1) is 9.96. The van der Waals surface area contributed by atoms with Crippen LogP contribution in [0.25, 0.3) is 0 Å². The van der Waals surface area contributed by atoms with Crippen LogP contribution in [0.1, 0.15) is 18.5 Å². The van der Waals surface area contributed by atoms with Gasteiger partial charge >= 0.3 is 0 Å². The van der Waals surface area contributed by atoms with Crippen molar-refractivity contribution in [3.05, 3.63) is 18.0 Å². The summed E-state index contributed by atoms with van der Waals surface area (Å²) in [5.41, 5.74) is 1.02. The van der Waals surface area contributed by atoms with E-state index in [0.717, 1.165) is 25.3 Å². The Morgan fingerprint density at radius 3 is 2.48 bits per heavy atom. The zero-order valence-electron chi connectivity index (χ0n) is 12.7. The van der Waals surface area contributed by atoms with Gasteiger partial charge in [0.1, 0.15) is 4.90 Å². The lowest BCUT2D eigenvalue weighted by Gasteiger charge is -2.31. The fraction of sp³-hybridized carbons (Fsp3) is 0.714. The molecule has 1 N–H and O–H groups in total. The van der Waals surface area contributed by atoms with E-state index in [4.69, 9.17) is 0 Å². The maximum atomic E-state index is 12.7. The van der Waals surface area contributed by atoms with E-state index in [1.54, 1.807) is 10.5 Å². The molecule has 21 heavy (non-hydrogen) atoms. The molecule has 7 heteroatoms. The van der Waals surface area contributed by atoms with Gasteiger partial charge in [-0.2, -0.15) is 4.31 Å². The summed E-state index contributed by atoms with van der Waals surface area (Å²) in [6.07, 6.45) is 4.20. The molecule has 1 saturated heterocycles. The molecule has 2 heterocycles. The predicted molar refractivity (Wildman–Crippen MR) is 81.5 cm³/mol. The van der Waals surface area contributed by atoms with Crippen LogP contribution in [0.5, 0.6) is 0 Å². The van der Waals surface area contributed by atoms with E-state index in [0.29, 0.717) is 24.0 Å². The third-order valence-electron chi connectivity index (χ3n) is 4.33. The molecule has 6 nitrogen and oxygen atoms in total. The van der Waals surface area contributed by atoms with Crippen LogP contribution >= 0.6 is 0 Å². The summed E-state index contributed by atoms with van der Waals surface area (Å²) in [6, 6.07) is 2.43. The molecule has 1 aliphatic heterocycles. The summed E-state index contributed by atoms with van der Waals surface area (Å²) >= 11 is 0. The summed E-state index contributed by atoms with van der Waals surface area (Å²) in [5.74, 6) is 0. The number of hydrogen-bond donors (Lipinski definition) is 1. The van der Waals surface area contributed by atoms with Crippen molar-refractivity contribution in [3.8, 4) is 0 Å². The van der Waals surface area contributed by atoms with Crippen molar-refractivity contribution in [1.82, 2.24) is 19.1 Å². The molecule has 1 aliphatic carbocycles. The number of aryl methyl sites for hydroxylation is 1. The first kappa shape index (κ1) is 15.0. The van der Waals surface area contributed by atoms with Crippen LogP contribution < -0.4 is 5.32 Å². The number of aromatic nitrogens is 1. The summed E-state index contributed by atoms with van der Waals surface area (Å²) in [7, 11) is 0.580. The van der Waals surface area contributed by atoms with Crippen LogP contribution in [-0.2, 0) is 23.6 Å². The van der Waals surface area contributed by atoms with Crippen molar-refractivity contribution in [2.24, 2.45) is 7.05 Å². The molecule has 0 radical (unpaired) electrons. The maximum Gasteiger partial charge on any atom is 0.244 e. The second kappa shape index (κ2) is 5.72. The second-order valence-corrected chi connectivity index (χ2v) is 8.08. The van der Waals surface area contributed by atoms with E-state index >= 15 is 0 Å². The van der Waals surface area contributed by atoms with Gasteiger partial charge in [-0.3, -0.25) is 0 Å². The van der Waals surface area contributed by atoms with Crippen LogP contribution in [0.2, 0.25) is 0 Å². The second-order valence-electron chi connectivity index (χ2n) is 6.14. The minimum Gasteiger partial charge on any atom is -0.352 e. The van der Waals surface area contributed by atoms with Gasteiger partial charge in [-0.1, -0.05) is 0 Å². The van der Waals surface area contributed by atoms with E-state index in [9.17, 15) is 8.42 Å². The minimum atomic E-state index is -3.35. The minimum absolute atomic E-state index is 0.419. The molecule has 0 spiro atoms. The van der Waals surface area contributed by atoms with Crippen molar-refractivity contribution < 1.29 is 8.42 Å². The molecule has 0 unspecified atom stereocenters. The standard InChI is InChI=1S/C14H24N4O2S/c1-16-5-7-18(8-6-16)21(19,20)14-9-13(17(2)11-14)10-15-12-3-4-12/h9,11-12,15H,3-8,10H2,1-2H3. The molecular formula is C14H24N4O2S. The fourth-order valence-electron chi connectivity index (χ4n) is 2.61. The number of rotatable bonds is 5. The monoisotopic (exact) mass is 312 g/mol. The van der Waals surface area contributed by atoms with Gasteiger partial charge in [0, 0.05) is 57.7 Å². The van der Waals surface area contributed by atoms with E-state index in [1.807, 2.05) is 24.7 Å². The Bertz CT molecular complexity index is 598. The number of likely N-dealkylation sites (N-methyl/N-ethyl adjacent to an activating group) is 1. The number of sulfonamides is 1. The molecule has 2 aliphatic rings. The molecule has 1 saturated carbocycles. The lowest BCUT2D eigenvalue weighted by Crippen LogP contribution is -2.46. The third-order valence-corrected chi connectivity index (χ3v) is 6.20. The van der Waals surface area contributed by atoms with Crippen molar-refractivity contribution in [2.75, 3.05) is 33.2 Å². The Morgan fingerprint density at radius 1 is 1.19 bits per heavy atom. The van der Waals surface area contributed by atoms with Crippen LogP contribution in [0.3, 0.4) is 0 Å². The van der Waals surface area contributed by atoms with E-state index in [2.05, 4.69) is 10.2 Å². The largest absolute Gasteiger partial charge is 0.352 e. The van der Waals surface area contributed by atoms with Gasteiger partial charge in [-0.15, -0.1) is 0 Å².